The first kappa shape index (κ1) is 37.1. The van der Waals surface area contributed by atoms with Gasteiger partial charge in [0.2, 0.25) is 17.8 Å². The van der Waals surface area contributed by atoms with Gasteiger partial charge in [-0.3, -0.25) is 14.5 Å². The molecule has 2 aliphatic rings. The fraction of sp³-hybridized carbons (Fsp3) is 0.415. The van der Waals surface area contributed by atoms with Gasteiger partial charge in [-0.05, 0) is 58.9 Å². The summed E-state index contributed by atoms with van der Waals surface area (Å²) < 4.78 is 13.4. The van der Waals surface area contributed by atoms with Crippen molar-refractivity contribution in [1.29, 1.82) is 0 Å². The quantitative estimate of drug-likeness (QED) is 0.141. The van der Waals surface area contributed by atoms with Gasteiger partial charge in [0.05, 0.1) is 18.8 Å². The first-order valence-electron chi connectivity index (χ1n) is 18.4. The van der Waals surface area contributed by atoms with Gasteiger partial charge in [-0.25, -0.2) is 9.97 Å². The fourth-order valence-electron chi connectivity index (χ4n) is 6.77. The Morgan fingerprint density at radius 2 is 1.56 bits per heavy atom. The molecule has 3 aromatic carbocycles. The van der Waals surface area contributed by atoms with Gasteiger partial charge < -0.3 is 30.1 Å². The number of ether oxygens (including phenoxy) is 2. The fourth-order valence-corrected chi connectivity index (χ4v) is 6.77. The minimum absolute atomic E-state index is 0.00263. The Bertz CT molecular complexity index is 1730. The molecule has 0 bridgehead atoms. The Morgan fingerprint density at radius 3 is 2.31 bits per heavy atom. The molecule has 274 valence electrons. The van der Waals surface area contributed by atoms with Crippen molar-refractivity contribution >= 4 is 17.8 Å². The molecule has 2 amide bonds. The second-order valence-electron chi connectivity index (χ2n) is 13.6. The molecule has 3 atom stereocenters. The summed E-state index contributed by atoms with van der Waals surface area (Å²) in [6.45, 7) is 6.91. The van der Waals surface area contributed by atoms with Crippen LogP contribution in [0.2, 0.25) is 0 Å². The molecule has 2 saturated heterocycles. The lowest BCUT2D eigenvalue weighted by Crippen LogP contribution is -2.50. The van der Waals surface area contributed by atoms with Crippen LogP contribution < -0.4 is 15.5 Å². The largest absolute Gasteiger partial charge is 0.392 e. The van der Waals surface area contributed by atoms with Crippen LogP contribution in [-0.2, 0) is 32.2 Å². The molecule has 11 heteroatoms. The summed E-state index contributed by atoms with van der Waals surface area (Å²) in [6.07, 6.45) is 6.55. The normalized spacial score (nSPS) is 19.3. The molecule has 11 nitrogen and oxygen atoms in total. The number of nitrogens with zero attached hydrogens (tertiary/aromatic N) is 4. The van der Waals surface area contributed by atoms with E-state index in [2.05, 4.69) is 60.7 Å². The predicted molar refractivity (Wildman–Crippen MR) is 200 cm³/mol. The standard InChI is InChI=1S/C41H50N6O5/c1-30(49)42-17-4-2-3-12-39(50)45-27-32-8-5-9-34(24-32)35-10-6-11-36(25-35)40-51-37(26-38(52-40)33-15-13-31(29-48)14-16-33)28-46-20-22-47(23-21-46)41-43-18-7-19-44-41/h5-11,13-16,18-19,24-25,37-38,40,48H,2-4,12,17,20-23,26-29H2,1H3,(H,42,49)(H,45,50). The number of nitrogens with one attached hydrogen (secondary N) is 2. The molecule has 6 rings (SSSR count). The highest BCUT2D eigenvalue weighted by atomic mass is 16.7. The van der Waals surface area contributed by atoms with E-state index < -0.39 is 6.29 Å². The Morgan fingerprint density at radius 1 is 0.808 bits per heavy atom. The van der Waals surface area contributed by atoms with Crippen LogP contribution in [0.3, 0.4) is 0 Å². The zero-order valence-corrected chi connectivity index (χ0v) is 30.0. The Balaban J connectivity index is 1.09. The summed E-state index contributed by atoms with van der Waals surface area (Å²) in [4.78, 5) is 37.0. The lowest BCUT2D eigenvalue weighted by Gasteiger charge is -2.40. The van der Waals surface area contributed by atoms with E-state index in [4.69, 9.17) is 9.47 Å². The summed E-state index contributed by atoms with van der Waals surface area (Å²) >= 11 is 0. The van der Waals surface area contributed by atoms with Crippen LogP contribution in [0.15, 0.2) is 91.3 Å². The van der Waals surface area contributed by atoms with Gasteiger partial charge in [0, 0.05) is 83.5 Å². The maximum Gasteiger partial charge on any atom is 0.225 e. The second kappa shape index (κ2) is 18.7. The number of carbonyl (C=O) groups is 2. The molecule has 0 saturated carbocycles. The number of benzene rings is 3. The minimum Gasteiger partial charge on any atom is -0.392 e. The smallest absolute Gasteiger partial charge is 0.225 e. The van der Waals surface area contributed by atoms with E-state index in [1.807, 2.05) is 48.5 Å². The predicted octanol–water partition coefficient (Wildman–Crippen LogP) is 5.32. The molecule has 0 spiro atoms. The maximum atomic E-state index is 12.5. The number of carbonyl (C=O) groups excluding carboxylic acids is 2. The summed E-state index contributed by atoms with van der Waals surface area (Å²) in [6, 6.07) is 26.4. The molecule has 3 N–H and O–H groups in total. The lowest BCUT2D eigenvalue weighted by atomic mass is 9.98. The van der Waals surface area contributed by atoms with Crippen molar-refractivity contribution in [3.8, 4) is 11.1 Å². The van der Waals surface area contributed by atoms with Crippen molar-refractivity contribution in [3.63, 3.8) is 0 Å². The van der Waals surface area contributed by atoms with Crippen molar-refractivity contribution in [2.75, 3.05) is 44.2 Å². The van der Waals surface area contributed by atoms with Gasteiger partial charge in [-0.15, -0.1) is 0 Å². The Hall–Kier alpha value is -4.68. The number of unbranched alkanes of at least 4 members (excludes halogenated alkanes) is 2. The van der Waals surface area contributed by atoms with E-state index in [1.54, 1.807) is 12.4 Å². The van der Waals surface area contributed by atoms with Crippen molar-refractivity contribution in [2.45, 2.75) is 70.7 Å². The van der Waals surface area contributed by atoms with Crippen molar-refractivity contribution in [1.82, 2.24) is 25.5 Å². The maximum absolute atomic E-state index is 12.5. The summed E-state index contributed by atoms with van der Waals surface area (Å²) in [7, 11) is 0. The summed E-state index contributed by atoms with van der Waals surface area (Å²) in [5, 5.41) is 15.4. The van der Waals surface area contributed by atoms with Gasteiger partial charge in [0.1, 0.15) is 0 Å². The number of aliphatic hydroxyl groups excluding tert-OH is 1. The first-order chi connectivity index (χ1) is 25.4. The zero-order valence-electron chi connectivity index (χ0n) is 30.0. The highest BCUT2D eigenvalue weighted by molar-refractivity contribution is 5.76. The molecule has 0 radical (unpaired) electrons. The summed E-state index contributed by atoms with van der Waals surface area (Å²) in [5.41, 5.74) is 6.00. The van der Waals surface area contributed by atoms with Crippen LogP contribution in [0.4, 0.5) is 5.95 Å². The number of hydrogen-bond donors (Lipinski definition) is 3. The molecule has 3 heterocycles. The topological polar surface area (TPSA) is 129 Å². The number of piperazine rings is 1. The number of amides is 2. The third-order valence-electron chi connectivity index (χ3n) is 9.65. The lowest BCUT2D eigenvalue weighted by molar-refractivity contribution is -0.253. The molecule has 52 heavy (non-hydrogen) atoms. The van der Waals surface area contributed by atoms with Gasteiger partial charge in [-0.2, -0.15) is 0 Å². The highest BCUT2D eigenvalue weighted by Crippen LogP contribution is 2.39. The molecule has 2 aliphatic heterocycles. The van der Waals surface area contributed by atoms with Gasteiger partial charge in [0.15, 0.2) is 6.29 Å². The monoisotopic (exact) mass is 706 g/mol. The number of anilines is 1. The molecular weight excluding hydrogens is 656 g/mol. The van der Waals surface area contributed by atoms with Crippen molar-refractivity contribution in [3.05, 3.63) is 114 Å². The van der Waals surface area contributed by atoms with Crippen LogP contribution in [-0.4, -0.2) is 77.2 Å². The van der Waals surface area contributed by atoms with E-state index in [1.165, 1.54) is 6.92 Å². The number of hydrogen-bond acceptors (Lipinski definition) is 9. The van der Waals surface area contributed by atoms with E-state index in [0.717, 1.165) is 97.7 Å². The molecule has 1 aromatic heterocycles. The van der Waals surface area contributed by atoms with Gasteiger partial charge >= 0.3 is 0 Å². The van der Waals surface area contributed by atoms with Crippen LogP contribution in [0.5, 0.6) is 0 Å². The highest BCUT2D eigenvalue weighted by Gasteiger charge is 2.34. The van der Waals surface area contributed by atoms with E-state index in [9.17, 15) is 14.7 Å². The SMILES string of the molecule is CC(=O)NCCCCCC(=O)NCc1cccc(-c2cccc(C3OC(CN4CCN(c5ncccn5)CC4)CC(c4ccc(CO)cc4)O3)c2)c1. The molecule has 2 fully saturated rings. The number of rotatable bonds is 15. The van der Waals surface area contributed by atoms with Gasteiger partial charge in [-0.1, -0.05) is 67.1 Å². The van der Waals surface area contributed by atoms with E-state index in [-0.39, 0.29) is 30.6 Å². The second-order valence-corrected chi connectivity index (χ2v) is 13.6. The van der Waals surface area contributed by atoms with Crippen LogP contribution in [0.1, 0.15) is 73.7 Å². The number of aliphatic hydroxyl groups is 1. The van der Waals surface area contributed by atoms with E-state index in [0.29, 0.717) is 19.5 Å². The minimum atomic E-state index is -0.555. The van der Waals surface area contributed by atoms with E-state index >= 15 is 0 Å². The van der Waals surface area contributed by atoms with Crippen LogP contribution in [0, 0.1) is 0 Å². The third-order valence-corrected chi connectivity index (χ3v) is 9.65. The third kappa shape index (κ3) is 10.7. The summed E-state index contributed by atoms with van der Waals surface area (Å²) in [5.74, 6) is 0.775. The first-order valence-corrected chi connectivity index (χ1v) is 18.4. The van der Waals surface area contributed by atoms with Crippen molar-refractivity contribution in [2.24, 2.45) is 0 Å². The molecule has 3 unspecified atom stereocenters. The number of aromatic nitrogens is 2. The Kier molecular flexibility index (Phi) is 13.3. The van der Waals surface area contributed by atoms with Crippen molar-refractivity contribution < 1.29 is 24.2 Å². The van der Waals surface area contributed by atoms with Crippen LogP contribution in [0.25, 0.3) is 11.1 Å². The average Bonchev–Trinajstić information content (AvgIpc) is 3.19. The molecule has 0 aliphatic carbocycles. The average molecular weight is 707 g/mol. The van der Waals surface area contributed by atoms with Gasteiger partial charge in [0.25, 0.3) is 0 Å². The Labute approximate surface area is 306 Å². The molecule has 4 aromatic rings. The van der Waals surface area contributed by atoms with Crippen LogP contribution >= 0.6 is 0 Å². The zero-order chi connectivity index (χ0) is 36.1. The molecular formula is C41H50N6O5.